The summed E-state index contributed by atoms with van der Waals surface area (Å²) in [6.07, 6.45) is 0.747. The second-order valence-corrected chi connectivity index (χ2v) is 5.89. The number of nitrogens with zero attached hydrogens (tertiary/aromatic N) is 1. The van der Waals surface area contributed by atoms with E-state index in [0.29, 0.717) is 17.2 Å². The number of benzene rings is 1. The number of aromatic amines is 1. The van der Waals surface area contributed by atoms with Crippen molar-refractivity contribution in [1.29, 1.82) is 0 Å². The molecule has 1 N–H and O–H groups in total. The molecular weight excluding hydrogens is 280 g/mol. The molecule has 4 heteroatoms. The van der Waals surface area contributed by atoms with Gasteiger partial charge in [-0.2, -0.15) is 0 Å². The van der Waals surface area contributed by atoms with Crippen molar-refractivity contribution in [2.24, 2.45) is 5.92 Å². The summed E-state index contributed by atoms with van der Waals surface area (Å²) in [7, 11) is 0. The van der Waals surface area contributed by atoms with Crippen LogP contribution in [-0.4, -0.2) is 16.6 Å². The van der Waals surface area contributed by atoms with Gasteiger partial charge >= 0.3 is 0 Å². The smallest absolute Gasteiger partial charge is 0.141 e. The molecule has 0 saturated carbocycles. The third kappa shape index (κ3) is 4.48. The molecule has 1 heterocycles. The van der Waals surface area contributed by atoms with Gasteiger partial charge in [0.05, 0.1) is 0 Å². The van der Waals surface area contributed by atoms with Gasteiger partial charge in [0.25, 0.3) is 0 Å². The van der Waals surface area contributed by atoms with Gasteiger partial charge in [-0.1, -0.05) is 56.4 Å². The predicted octanol–water partition coefficient (Wildman–Crippen LogP) is 4.46. The summed E-state index contributed by atoms with van der Waals surface area (Å²) in [5.41, 5.74) is 2.19. The first-order valence-corrected chi connectivity index (χ1v) is 7.77. The maximum Gasteiger partial charge on any atom is 0.141 e. The van der Waals surface area contributed by atoms with Crippen LogP contribution in [0.15, 0.2) is 36.4 Å². The van der Waals surface area contributed by atoms with Crippen molar-refractivity contribution < 1.29 is 4.74 Å². The summed E-state index contributed by atoms with van der Waals surface area (Å²) in [4.78, 5) is 7.87. The zero-order valence-electron chi connectivity index (χ0n) is 12.8. The highest BCUT2D eigenvalue weighted by Gasteiger charge is 2.17. The van der Waals surface area contributed by atoms with Crippen LogP contribution in [0.2, 0.25) is 0 Å². The molecule has 1 aromatic heterocycles. The van der Waals surface area contributed by atoms with Gasteiger partial charge in [0, 0.05) is 12.3 Å². The number of H-pyrrole nitrogens is 1. The molecule has 1 aromatic carbocycles. The topological polar surface area (TPSA) is 37.9 Å². The van der Waals surface area contributed by atoms with Crippen molar-refractivity contribution >= 4 is 12.2 Å². The molecule has 1 unspecified atom stereocenters. The Morgan fingerprint density at radius 2 is 1.95 bits per heavy atom. The zero-order chi connectivity index (χ0) is 15.2. The highest BCUT2D eigenvalue weighted by Crippen LogP contribution is 2.23. The molecule has 1 atom stereocenters. The molecule has 3 nitrogen and oxygen atoms in total. The maximum atomic E-state index is 5.89. The van der Waals surface area contributed by atoms with Crippen LogP contribution < -0.4 is 0 Å². The fourth-order valence-electron chi connectivity index (χ4n) is 2.33. The first-order valence-electron chi connectivity index (χ1n) is 7.36. The van der Waals surface area contributed by atoms with Gasteiger partial charge in [0.2, 0.25) is 0 Å². The molecule has 0 amide bonds. The first kappa shape index (κ1) is 15.9. The molecule has 0 saturated heterocycles. The van der Waals surface area contributed by atoms with Crippen LogP contribution in [-0.2, 0) is 11.2 Å². The SMILES string of the molecule is CCOC(c1ccccc1)c1nc(=S)cc(CC(C)C)[nH]1. The Balaban J connectivity index is 2.40. The molecular formula is C17H22N2OS. The fraction of sp³-hybridized carbons (Fsp3) is 0.412. The molecule has 112 valence electrons. The van der Waals surface area contributed by atoms with Crippen LogP contribution in [0.4, 0.5) is 0 Å². The Labute approximate surface area is 131 Å². The summed E-state index contributed by atoms with van der Waals surface area (Å²) in [5, 5.41) is 0. The Morgan fingerprint density at radius 3 is 2.57 bits per heavy atom. The van der Waals surface area contributed by atoms with E-state index in [4.69, 9.17) is 17.0 Å². The average molecular weight is 302 g/mol. The van der Waals surface area contributed by atoms with E-state index in [-0.39, 0.29) is 6.10 Å². The molecule has 21 heavy (non-hydrogen) atoms. The van der Waals surface area contributed by atoms with Crippen LogP contribution in [0.5, 0.6) is 0 Å². The van der Waals surface area contributed by atoms with Crippen molar-refractivity contribution in [2.75, 3.05) is 6.61 Å². The largest absolute Gasteiger partial charge is 0.366 e. The van der Waals surface area contributed by atoms with Crippen LogP contribution in [0, 0.1) is 10.6 Å². The molecule has 2 rings (SSSR count). The van der Waals surface area contributed by atoms with Crippen molar-refractivity contribution in [3.05, 3.63) is 58.1 Å². The van der Waals surface area contributed by atoms with Gasteiger partial charge in [-0.05, 0) is 30.9 Å². The van der Waals surface area contributed by atoms with Gasteiger partial charge in [0.15, 0.2) is 0 Å². The number of hydrogen-bond donors (Lipinski definition) is 1. The average Bonchev–Trinajstić information content (AvgIpc) is 2.44. The monoisotopic (exact) mass is 302 g/mol. The molecule has 0 aliphatic rings. The highest BCUT2D eigenvalue weighted by atomic mass is 32.1. The Morgan fingerprint density at radius 1 is 1.24 bits per heavy atom. The molecule has 0 aliphatic heterocycles. The van der Waals surface area contributed by atoms with E-state index in [9.17, 15) is 0 Å². The van der Waals surface area contributed by atoms with Gasteiger partial charge in [0.1, 0.15) is 16.6 Å². The minimum atomic E-state index is -0.204. The highest BCUT2D eigenvalue weighted by molar-refractivity contribution is 7.71. The van der Waals surface area contributed by atoms with Gasteiger partial charge in [-0.25, -0.2) is 4.98 Å². The van der Waals surface area contributed by atoms with E-state index in [2.05, 4.69) is 23.8 Å². The van der Waals surface area contributed by atoms with Crippen molar-refractivity contribution in [1.82, 2.24) is 9.97 Å². The van der Waals surface area contributed by atoms with E-state index in [1.54, 1.807) is 0 Å². The molecule has 0 bridgehead atoms. The van der Waals surface area contributed by atoms with Crippen LogP contribution >= 0.6 is 12.2 Å². The second-order valence-electron chi connectivity index (χ2n) is 5.47. The van der Waals surface area contributed by atoms with Gasteiger partial charge in [-0.15, -0.1) is 0 Å². The predicted molar refractivity (Wildman–Crippen MR) is 87.9 cm³/mol. The van der Waals surface area contributed by atoms with Crippen molar-refractivity contribution in [2.45, 2.75) is 33.3 Å². The van der Waals surface area contributed by atoms with Crippen LogP contribution in [0.1, 0.15) is 44.0 Å². The summed E-state index contributed by atoms with van der Waals surface area (Å²) in [5.74, 6) is 1.35. The number of nitrogens with one attached hydrogen (secondary N) is 1. The number of ether oxygens (including phenoxy) is 1. The maximum absolute atomic E-state index is 5.89. The molecule has 2 aromatic rings. The summed E-state index contributed by atoms with van der Waals surface area (Å²) in [6, 6.07) is 12.0. The number of hydrogen-bond acceptors (Lipinski definition) is 3. The van der Waals surface area contributed by atoms with E-state index in [0.717, 1.165) is 23.5 Å². The number of rotatable bonds is 6. The molecule has 0 spiro atoms. The first-order chi connectivity index (χ1) is 10.1. The van der Waals surface area contributed by atoms with E-state index in [1.165, 1.54) is 0 Å². The van der Waals surface area contributed by atoms with Crippen LogP contribution in [0.3, 0.4) is 0 Å². The molecule has 0 aliphatic carbocycles. The fourth-order valence-corrected chi connectivity index (χ4v) is 2.57. The third-order valence-electron chi connectivity index (χ3n) is 3.13. The lowest BCUT2D eigenvalue weighted by Crippen LogP contribution is -2.12. The summed E-state index contributed by atoms with van der Waals surface area (Å²) in [6.45, 7) is 6.99. The lowest BCUT2D eigenvalue weighted by atomic mass is 10.1. The lowest BCUT2D eigenvalue weighted by Gasteiger charge is -2.18. The van der Waals surface area contributed by atoms with E-state index in [1.807, 2.05) is 43.3 Å². The third-order valence-corrected chi connectivity index (χ3v) is 3.34. The Bertz CT molecular complexity index is 622. The number of aromatic nitrogens is 2. The quantitative estimate of drug-likeness (QED) is 0.800. The normalized spacial score (nSPS) is 12.6. The lowest BCUT2D eigenvalue weighted by molar-refractivity contribution is 0.0848. The van der Waals surface area contributed by atoms with Crippen molar-refractivity contribution in [3.63, 3.8) is 0 Å². The molecule has 0 fully saturated rings. The van der Waals surface area contributed by atoms with Crippen molar-refractivity contribution in [3.8, 4) is 0 Å². The van der Waals surface area contributed by atoms with Crippen LogP contribution in [0.25, 0.3) is 0 Å². The van der Waals surface area contributed by atoms with E-state index < -0.39 is 0 Å². The minimum Gasteiger partial charge on any atom is -0.366 e. The zero-order valence-corrected chi connectivity index (χ0v) is 13.6. The standard InChI is InChI=1S/C17H22N2OS/c1-4-20-16(13-8-6-5-7-9-13)17-18-14(10-12(2)3)11-15(21)19-17/h5-9,11-12,16H,4,10H2,1-3H3,(H,18,19,21). The second kappa shape index (κ2) is 7.48. The van der Waals surface area contributed by atoms with Gasteiger partial charge < -0.3 is 9.72 Å². The molecule has 0 radical (unpaired) electrons. The Hall–Kier alpha value is -1.52. The Kier molecular flexibility index (Phi) is 5.65. The minimum absolute atomic E-state index is 0.204. The van der Waals surface area contributed by atoms with Gasteiger partial charge in [-0.3, -0.25) is 0 Å². The van der Waals surface area contributed by atoms with E-state index >= 15 is 0 Å². The summed E-state index contributed by atoms with van der Waals surface area (Å²) < 4.78 is 6.50. The summed E-state index contributed by atoms with van der Waals surface area (Å²) >= 11 is 5.31.